The fourth-order valence-electron chi connectivity index (χ4n) is 2.38. The largest absolute Gasteiger partial charge is 0.312 e. The quantitative estimate of drug-likeness (QED) is 0.779. The molecule has 0 aromatic heterocycles. The molecule has 0 unspecified atom stereocenters. The highest BCUT2D eigenvalue weighted by Crippen LogP contribution is 2.28. The first-order valence-corrected chi connectivity index (χ1v) is 7.20. The van der Waals surface area contributed by atoms with Gasteiger partial charge in [0.25, 0.3) is 0 Å². The molecule has 100 valence electrons. The number of amides is 1. The molecule has 0 spiro atoms. The summed E-state index contributed by atoms with van der Waals surface area (Å²) in [6.45, 7) is 1.21. The average molecular weight is 329 g/mol. The SMILES string of the molecule is O=CN1CCN=C(c2ccccc2)c2cc(Br)ccc21. The second kappa shape index (κ2) is 5.59. The zero-order chi connectivity index (χ0) is 13.9. The summed E-state index contributed by atoms with van der Waals surface area (Å²) in [6, 6.07) is 16.0. The van der Waals surface area contributed by atoms with Crippen LogP contribution in [0.2, 0.25) is 0 Å². The molecule has 0 N–H and O–H groups in total. The summed E-state index contributed by atoms with van der Waals surface area (Å²) < 4.78 is 0.979. The van der Waals surface area contributed by atoms with E-state index >= 15 is 0 Å². The van der Waals surface area contributed by atoms with Crippen molar-refractivity contribution < 1.29 is 4.79 Å². The number of hydrogen-bond acceptors (Lipinski definition) is 2. The molecular weight excluding hydrogens is 316 g/mol. The molecule has 0 aliphatic carbocycles. The van der Waals surface area contributed by atoms with Gasteiger partial charge in [-0.3, -0.25) is 9.79 Å². The van der Waals surface area contributed by atoms with Crippen LogP contribution in [0.4, 0.5) is 5.69 Å². The van der Waals surface area contributed by atoms with Crippen LogP contribution < -0.4 is 4.90 Å². The Bertz CT molecular complexity index is 667. The van der Waals surface area contributed by atoms with Crippen molar-refractivity contribution in [2.24, 2.45) is 4.99 Å². The van der Waals surface area contributed by atoms with E-state index in [4.69, 9.17) is 0 Å². The third-order valence-electron chi connectivity index (χ3n) is 3.31. The average Bonchev–Trinajstić information content (AvgIpc) is 2.67. The van der Waals surface area contributed by atoms with Crippen molar-refractivity contribution in [3.8, 4) is 0 Å². The standard InChI is InChI=1S/C16H13BrN2O/c17-13-6-7-15-14(10-13)16(12-4-2-1-3-5-12)18-8-9-19(15)11-20/h1-7,10-11H,8-9H2. The lowest BCUT2D eigenvalue weighted by Gasteiger charge is -2.18. The van der Waals surface area contributed by atoms with Gasteiger partial charge in [-0.25, -0.2) is 0 Å². The molecule has 1 amide bonds. The molecule has 1 heterocycles. The van der Waals surface area contributed by atoms with Gasteiger partial charge in [-0.1, -0.05) is 46.3 Å². The van der Waals surface area contributed by atoms with Crippen molar-refractivity contribution in [1.82, 2.24) is 0 Å². The zero-order valence-corrected chi connectivity index (χ0v) is 12.4. The summed E-state index contributed by atoms with van der Waals surface area (Å²) in [5, 5.41) is 0. The van der Waals surface area contributed by atoms with Gasteiger partial charge < -0.3 is 4.90 Å². The molecule has 1 aliphatic rings. The Labute approximate surface area is 126 Å². The van der Waals surface area contributed by atoms with E-state index in [0.717, 1.165) is 33.4 Å². The second-order valence-corrected chi connectivity index (χ2v) is 5.47. The van der Waals surface area contributed by atoms with E-state index in [-0.39, 0.29) is 0 Å². The summed E-state index contributed by atoms with van der Waals surface area (Å²) >= 11 is 3.50. The Morgan fingerprint density at radius 2 is 1.95 bits per heavy atom. The first-order chi connectivity index (χ1) is 9.79. The Kier molecular flexibility index (Phi) is 3.65. The number of carbonyl (C=O) groups excluding carboxylic acids is 1. The number of rotatable bonds is 2. The van der Waals surface area contributed by atoms with E-state index in [1.165, 1.54) is 0 Å². The highest BCUT2D eigenvalue weighted by molar-refractivity contribution is 9.10. The lowest BCUT2D eigenvalue weighted by atomic mass is 10.0. The number of anilines is 1. The van der Waals surface area contributed by atoms with Crippen LogP contribution in [0.1, 0.15) is 11.1 Å². The van der Waals surface area contributed by atoms with Gasteiger partial charge in [0, 0.05) is 22.1 Å². The van der Waals surface area contributed by atoms with Gasteiger partial charge in [-0.05, 0) is 18.2 Å². The third kappa shape index (κ3) is 2.39. The van der Waals surface area contributed by atoms with Gasteiger partial charge in [0.15, 0.2) is 0 Å². The second-order valence-electron chi connectivity index (χ2n) is 4.56. The Morgan fingerprint density at radius 3 is 2.70 bits per heavy atom. The van der Waals surface area contributed by atoms with E-state index in [2.05, 4.69) is 20.9 Å². The summed E-state index contributed by atoms with van der Waals surface area (Å²) in [7, 11) is 0. The smallest absolute Gasteiger partial charge is 0.214 e. The van der Waals surface area contributed by atoms with Crippen molar-refractivity contribution in [2.45, 2.75) is 0 Å². The molecule has 0 radical (unpaired) electrons. The Morgan fingerprint density at radius 1 is 1.15 bits per heavy atom. The van der Waals surface area contributed by atoms with E-state index in [0.29, 0.717) is 13.1 Å². The molecule has 3 rings (SSSR count). The molecule has 20 heavy (non-hydrogen) atoms. The topological polar surface area (TPSA) is 32.7 Å². The predicted molar refractivity (Wildman–Crippen MR) is 84.5 cm³/mol. The molecule has 2 aromatic rings. The van der Waals surface area contributed by atoms with E-state index < -0.39 is 0 Å². The number of nitrogens with zero attached hydrogens (tertiary/aromatic N) is 2. The maximum Gasteiger partial charge on any atom is 0.214 e. The number of carbonyl (C=O) groups is 1. The van der Waals surface area contributed by atoms with Gasteiger partial charge in [-0.2, -0.15) is 0 Å². The van der Waals surface area contributed by atoms with Gasteiger partial charge in [-0.15, -0.1) is 0 Å². The molecule has 2 aromatic carbocycles. The Hall–Kier alpha value is -1.94. The lowest BCUT2D eigenvalue weighted by Crippen LogP contribution is -2.24. The van der Waals surface area contributed by atoms with Crippen molar-refractivity contribution in [3.63, 3.8) is 0 Å². The molecular formula is C16H13BrN2O. The first kappa shape index (κ1) is 13.1. The van der Waals surface area contributed by atoms with Crippen molar-refractivity contribution in [1.29, 1.82) is 0 Å². The number of halogens is 1. The van der Waals surface area contributed by atoms with E-state index in [1.54, 1.807) is 4.90 Å². The molecule has 0 bridgehead atoms. The van der Waals surface area contributed by atoms with Crippen LogP contribution >= 0.6 is 15.9 Å². The van der Waals surface area contributed by atoms with Crippen LogP contribution in [-0.4, -0.2) is 25.2 Å². The molecule has 0 fully saturated rings. The molecule has 0 saturated heterocycles. The number of aliphatic imine (C=N–C) groups is 1. The maximum absolute atomic E-state index is 11.3. The van der Waals surface area contributed by atoms with Gasteiger partial charge >= 0.3 is 0 Å². The van der Waals surface area contributed by atoms with Crippen molar-refractivity contribution >= 4 is 33.7 Å². The van der Waals surface area contributed by atoms with Crippen LogP contribution in [0.15, 0.2) is 58.0 Å². The minimum atomic E-state index is 0.606. The number of benzene rings is 2. The van der Waals surface area contributed by atoms with Crippen LogP contribution in [-0.2, 0) is 4.79 Å². The summed E-state index contributed by atoms with van der Waals surface area (Å²) in [5.41, 5.74) is 3.89. The number of hydrogen-bond donors (Lipinski definition) is 0. The van der Waals surface area contributed by atoms with Crippen molar-refractivity contribution in [3.05, 3.63) is 64.1 Å². The monoisotopic (exact) mass is 328 g/mol. The third-order valence-corrected chi connectivity index (χ3v) is 3.80. The Balaban J connectivity index is 2.19. The molecule has 4 heteroatoms. The fraction of sp³-hybridized carbons (Fsp3) is 0.125. The number of fused-ring (bicyclic) bond motifs is 1. The van der Waals surface area contributed by atoms with Gasteiger partial charge in [0.2, 0.25) is 6.41 Å². The summed E-state index contributed by atoms with van der Waals surface area (Å²) in [5.74, 6) is 0. The summed E-state index contributed by atoms with van der Waals surface area (Å²) in [6.07, 6.45) is 0.871. The predicted octanol–water partition coefficient (Wildman–Crippen LogP) is 3.26. The highest BCUT2D eigenvalue weighted by Gasteiger charge is 2.19. The highest BCUT2D eigenvalue weighted by atomic mass is 79.9. The maximum atomic E-state index is 11.3. The van der Waals surface area contributed by atoms with Crippen LogP contribution in [0, 0.1) is 0 Å². The minimum Gasteiger partial charge on any atom is -0.312 e. The lowest BCUT2D eigenvalue weighted by molar-refractivity contribution is -0.107. The van der Waals surface area contributed by atoms with Crippen LogP contribution in [0.5, 0.6) is 0 Å². The molecule has 3 nitrogen and oxygen atoms in total. The number of benzodiazepines with no additional fused rings is 1. The minimum absolute atomic E-state index is 0.606. The first-order valence-electron chi connectivity index (χ1n) is 6.41. The normalized spacial score (nSPS) is 14.2. The van der Waals surface area contributed by atoms with Crippen molar-refractivity contribution in [2.75, 3.05) is 18.0 Å². The van der Waals surface area contributed by atoms with Gasteiger partial charge in [0.05, 0.1) is 17.9 Å². The molecule has 0 saturated carbocycles. The zero-order valence-electron chi connectivity index (χ0n) is 10.8. The molecule has 0 atom stereocenters. The van der Waals surface area contributed by atoms with Crippen LogP contribution in [0.25, 0.3) is 0 Å². The summed E-state index contributed by atoms with van der Waals surface area (Å²) in [4.78, 5) is 17.6. The fourth-order valence-corrected chi connectivity index (χ4v) is 2.74. The van der Waals surface area contributed by atoms with Gasteiger partial charge in [0.1, 0.15) is 0 Å². The van der Waals surface area contributed by atoms with E-state index in [1.807, 2.05) is 48.5 Å². The van der Waals surface area contributed by atoms with Crippen LogP contribution in [0.3, 0.4) is 0 Å². The van der Waals surface area contributed by atoms with E-state index in [9.17, 15) is 4.79 Å². The molecule has 1 aliphatic heterocycles.